The molecule has 2 aromatic carbocycles. The van der Waals surface area contributed by atoms with Crippen molar-refractivity contribution in [2.75, 3.05) is 7.05 Å². The number of nitrogens with zero attached hydrogens (tertiary/aromatic N) is 1. The molecule has 0 atom stereocenters. The van der Waals surface area contributed by atoms with Crippen LogP contribution in [0.1, 0.15) is 21.5 Å². The lowest BCUT2D eigenvalue weighted by molar-refractivity contribution is 0.0783. The maximum atomic E-state index is 13.8. The molecule has 0 spiro atoms. The minimum Gasteiger partial charge on any atom is -0.337 e. The molecule has 0 saturated heterocycles. The van der Waals surface area contributed by atoms with Crippen molar-refractivity contribution < 1.29 is 9.18 Å². The molecule has 2 nitrogen and oxygen atoms in total. The number of hydrogen-bond acceptors (Lipinski definition) is 1. The van der Waals surface area contributed by atoms with Gasteiger partial charge in [0.15, 0.2) is 0 Å². The van der Waals surface area contributed by atoms with Crippen molar-refractivity contribution in [3.63, 3.8) is 0 Å². The average Bonchev–Trinajstić information content (AvgIpc) is 2.45. The van der Waals surface area contributed by atoms with E-state index < -0.39 is 5.82 Å². The lowest BCUT2D eigenvalue weighted by atomic mass is 10.1. The summed E-state index contributed by atoms with van der Waals surface area (Å²) >= 11 is 9.41. The Kier molecular flexibility index (Phi) is 5.01. The van der Waals surface area contributed by atoms with Gasteiger partial charge in [0.25, 0.3) is 5.91 Å². The Bertz CT molecular complexity index is 670. The van der Waals surface area contributed by atoms with Crippen molar-refractivity contribution in [2.24, 2.45) is 0 Å². The van der Waals surface area contributed by atoms with Gasteiger partial charge in [-0.2, -0.15) is 0 Å². The van der Waals surface area contributed by atoms with Gasteiger partial charge in [0.05, 0.1) is 5.56 Å². The molecule has 2 aromatic rings. The Labute approximate surface area is 136 Å². The summed E-state index contributed by atoms with van der Waals surface area (Å²) in [5.41, 5.74) is 1.84. The van der Waals surface area contributed by atoms with Gasteiger partial charge in [0.1, 0.15) is 5.82 Å². The van der Waals surface area contributed by atoms with Crippen LogP contribution < -0.4 is 0 Å². The highest BCUT2D eigenvalue weighted by Gasteiger charge is 2.18. The summed E-state index contributed by atoms with van der Waals surface area (Å²) in [5, 5.41) is 0.318. The summed E-state index contributed by atoms with van der Waals surface area (Å²) in [6, 6.07) is 9.95. The second kappa shape index (κ2) is 6.58. The lowest BCUT2D eigenvalue weighted by Crippen LogP contribution is -2.27. The monoisotopic (exact) mass is 369 g/mol. The Hall–Kier alpha value is -1.39. The number of amides is 1. The van der Waals surface area contributed by atoms with Gasteiger partial charge in [-0.25, -0.2) is 4.39 Å². The smallest absolute Gasteiger partial charge is 0.255 e. The third-order valence-electron chi connectivity index (χ3n) is 3.23. The zero-order valence-corrected chi connectivity index (χ0v) is 14.0. The van der Waals surface area contributed by atoms with Crippen LogP contribution in [0.4, 0.5) is 4.39 Å². The molecule has 0 aliphatic carbocycles. The highest BCUT2D eigenvalue weighted by molar-refractivity contribution is 9.10. The van der Waals surface area contributed by atoms with Crippen LogP contribution in [0.5, 0.6) is 0 Å². The molecule has 110 valence electrons. The average molecular weight is 371 g/mol. The van der Waals surface area contributed by atoms with E-state index in [9.17, 15) is 9.18 Å². The van der Waals surface area contributed by atoms with Crippen LogP contribution in [0, 0.1) is 12.7 Å². The van der Waals surface area contributed by atoms with Gasteiger partial charge in [-0.05, 0) is 46.6 Å². The SMILES string of the molecule is Cc1cccc(C(=O)N(C)Cc2c(F)cccc2Cl)c1Br. The molecule has 0 aliphatic heterocycles. The van der Waals surface area contributed by atoms with E-state index in [0.29, 0.717) is 16.1 Å². The van der Waals surface area contributed by atoms with Crippen LogP contribution >= 0.6 is 27.5 Å². The summed E-state index contributed by atoms with van der Waals surface area (Å²) in [5.74, 6) is -0.602. The molecule has 1 amide bonds. The van der Waals surface area contributed by atoms with Crippen LogP contribution in [0.3, 0.4) is 0 Å². The van der Waals surface area contributed by atoms with Gasteiger partial charge >= 0.3 is 0 Å². The first-order valence-electron chi connectivity index (χ1n) is 6.35. The largest absolute Gasteiger partial charge is 0.337 e. The summed E-state index contributed by atoms with van der Waals surface area (Å²) in [4.78, 5) is 13.9. The Morgan fingerprint density at radius 3 is 2.62 bits per heavy atom. The number of aryl methyl sites for hydroxylation is 1. The van der Waals surface area contributed by atoms with Gasteiger partial charge < -0.3 is 4.90 Å². The van der Waals surface area contributed by atoms with Gasteiger partial charge in [-0.1, -0.05) is 29.8 Å². The molecular formula is C16H14BrClFNO. The number of carbonyl (C=O) groups excluding carboxylic acids is 1. The predicted octanol–water partition coefficient (Wildman–Crippen LogP) is 4.82. The number of halogens is 3. The highest BCUT2D eigenvalue weighted by Crippen LogP contribution is 2.24. The summed E-state index contributed by atoms with van der Waals surface area (Å²) < 4.78 is 14.5. The molecule has 21 heavy (non-hydrogen) atoms. The van der Waals surface area contributed by atoms with E-state index in [1.165, 1.54) is 11.0 Å². The number of benzene rings is 2. The minimum absolute atomic E-state index is 0.116. The first-order valence-corrected chi connectivity index (χ1v) is 7.52. The second-order valence-corrected chi connectivity index (χ2v) is 6.00. The number of carbonyl (C=O) groups is 1. The Morgan fingerprint density at radius 1 is 1.29 bits per heavy atom. The quantitative estimate of drug-likeness (QED) is 0.758. The van der Waals surface area contributed by atoms with Gasteiger partial charge in [-0.3, -0.25) is 4.79 Å². The van der Waals surface area contributed by atoms with E-state index in [2.05, 4.69) is 15.9 Å². The normalized spacial score (nSPS) is 10.5. The molecule has 0 aliphatic rings. The van der Waals surface area contributed by atoms with E-state index in [1.54, 1.807) is 25.2 Å². The predicted molar refractivity (Wildman–Crippen MR) is 86.1 cm³/mol. The van der Waals surface area contributed by atoms with Crippen LogP contribution in [-0.2, 0) is 6.54 Å². The van der Waals surface area contributed by atoms with Crippen LogP contribution in [0.2, 0.25) is 5.02 Å². The first-order chi connectivity index (χ1) is 9.91. The van der Waals surface area contributed by atoms with Crippen molar-refractivity contribution >= 4 is 33.4 Å². The van der Waals surface area contributed by atoms with Crippen molar-refractivity contribution in [1.29, 1.82) is 0 Å². The van der Waals surface area contributed by atoms with Gasteiger partial charge in [0, 0.05) is 28.7 Å². The van der Waals surface area contributed by atoms with Crippen molar-refractivity contribution in [1.82, 2.24) is 4.90 Å². The zero-order chi connectivity index (χ0) is 15.6. The van der Waals surface area contributed by atoms with E-state index in [-0.39, 0.29) is 12.5 Å². The molecular weight excluding hydrogens is 357 g/mol. The topological polar surface area (TPSA) is 20.3 Å². The van der Waals surface area contributed by atoms with E-state index in [4.69, 9.17) is 11.6 Å². The van der Waals surface area contributed by atoms with E-state index in [1.807, 2.05) is 19.1 Å². The fraction of sp³-hybridized carbons (Fsp3) is 0.188. The Morgan fingerprint density at radius 2 is 1.95 bits per heavy atom. The maximum absolute atomic E-state index is 13.8. The maximum Gasteiger partial charge on any atom is 0.255 e. The van der Waals surface area contributed by atoms with Crippen LogP contribution in [0.15, 0.2) is 40.9 Å². The molecule has 0 heterocycles. The standard InChI is InChI=1S/C16H14BrClFNO/c1-10-5-3-6-11(15(10)17)16(21)20(2)9-12-13(18)7-4-8-14(12)19/h3-8H,9H2,1-2H3. The molecule has 0 aromatic heterocycles. The third-order valence-corrected chi connectivity index (χ3v) is 4.63. The second-order valence-electron chi connectivity index (χ2n) is 4.80. The molecule has 2 rings (SSSR count). The number of rotatable bonds is 3. The molecule has 0 N–H and O–H groups in total. The van der Waals surface area contributed by atoms with E-state index in [0.717, 1.165) is 10.0 Å². The summed E-state index contributed by atoms with van der Waals surface area (Å²) in [6.07, 6.45) is 0. The molecule has 0 radical (unpaired) electrons. The first kappa shape index (κ1) is 16.0. The fourth-order valence-corrected chi connectivity index (χ4v) is 2.67. The molecule has 0 bridgehead atoms. The van der Waals surface area contributed by atoms with E-state index >= 15 is 0 Å². The molecule has 0 fully saturated rings. The van der Waals surface area contributed by atoms with Crippen LogP contribution in [0.25, 0.3) is 0 Å². The van der Waals surface area contributed by atoms with Crippen molar-refractivity contribution in [3.05, 3.63) is 68.4 Å². The van der Waals surface area contributed by atoms with Crippen molar-refractivity contribution in [3.8, 4) is 0 Å². The van der Waals surface area contributed by atoms with Gasteiger partial charge in [-0.15, -0.1) is 0 Å². The lowest BCUT2D eigenvalue weighted by Gasteiger charge is -2.19. The number of hydrogen-bond donors (Lipinski definition) is 0. The summed E-state index contributed by atoms with van der Waals surface area (Å²) in [6.45, 7) is 2.03. The molecule has 0 unspecified atom stereocenters. The van der Waals surface area contributed by atoms with Crippen LogP contribution in [-0.4, -0.2) is 17.9 Å². The van der Waals surface area contributed by atoms with Crippen molar-refractivity contribution in [2.45, 2.75) is 13.5 Å². The molecule has 5 heteroatoms. The Balaban J connectivity index is 2.26. The molecule has 0 saturated carbocycles. The fourth-order valence-electron chi connectivity index (χ4n) is 2.01. The zero-order valence-electron chi connectivity index (χ0n) is 11.7. The third kappa shape index (κ3) is 3.44. The van der Waals surface area contributed by atoms with Gasteiger partial charge in [0.2, 0.25) is 0 Å². The minimum atomic E-state index is -0.412. The summed E-state index contributed by atoms with van der Waals surface area (Å²) in [7, 11) is 1.62. The highest BCUT2D eigenvalue weighted by atomic mass is 79.9.